The molecule has 1 rings (SSSR count). The average Bonchev–Trinajstić information content (AvgIpc) is 2.27. The van der Waals surface area contributed by atoms with Crippen molar-refractivity contribution >= 4 is 18.3 Å². The van der Waals surface area contributed by atoms with Gasteiger partial charge in [0.2, 0.25) is 0 Å². The lowest BCUT2D eigenvalue weighted by molar-refractivity contribution is 0.0948. The summed E-state index contributed by atoms with van der Waals surface area (Å²) >= 11 is 0. The Bertz CT molecular complexity index is 459. The van der Waals surface area contributed by atoms with E-state index in [-0.39, 0.29) is 24.0 Å². The first-order valence-corrected chi connectivity index (χ1v) is 6.11. The maximum absolute atomic E-state index is 11.7. The molecule has 1 aromatic rings. The van der Waals surface area contributed by atoms with Crippen LogP contribution in [0.1, 0.15) is 36.5 Å². The number of H-pyrrole nitrogens is 1. The third-order valence-corrected chi connectivity index (χ3v) is 2.33. The highest BCUT2D eigenvalue weighted by Crippen LogP contribution is 2.04. The molecule has 6 nitrogen and oxygen atoms in total. The zero-order chi connectivity index (χ0) is 13.5. The predicted octanol–water partition coefficient (Wildman–Crippen LogP) is 0.469. The minimum Gasteiger partial charge on any atom is -0.351 e. The lowest BCUT2D eigenvalue weighted by Gasteiger charge is -2.07. The van der Waals surface area contributed by atoms with Gasteiger partial charge in [0.25, 0.3) is 5.91 Å². The van der Waals surface area contributed by atoms with Gasteiger partial charge >= 0.3 is 5.69 Å². The number of nitrogens with zero attached hydrogens (tertiary/aromatic N) is 1. The van der Waals surface area contributed by atoms with E-state index in [0.717, 1.165) is 5.69 Å². The van der Waals surface area contributed by atoms with Crippen LogP contribution in [-0.4, -0.2) is 29.0 Å². The van der Waals surface area contributed by atoms with Crippen molar-refractivity contribution in [3.63, 3.8) is 0 Å². The van der Waals surface area contributed by atoms with Crippen LogP contribution in [0.2, 0.25) is 0 Å². The molecule has 4 N–H and O–H groups in total. The second-order valence-corrected chi connectivity index (χ2v) is 4.59. The number of aromatic amines is 1. The largest absolute Gasteiger partial charge is 0.351 e. The van der Waals surface area contributed by atoms with Crippen molar-refractivity contribution in [3.05, 3.63) is 27.9 Å². The van der Waals surface area contributed by atoms with Crippen LogP contribution in [0.3, 0.4) is 0 Å². The normalized spacial score (nSPS) is 10.1. The summed E-state index contributed by atoms with van der Waals surface area (Å²) in [5, 5.41) is 2.67. The molecule has 108 valence electrons. The summed E-state index contributed by atoms with van der Waals surface area (Å²) in [5.41, 5.74) is 5.74. The molecule has 0 fully saturated rings. The first-order chi connectivity index (χ1) is 8.52. The van der Waals surface area contributed by atoms with Crippen molar-refractivity contribution in [1.82, 2.24) is 15.3 Å². The molecular weight excluding hydrogens is 268 g/mol. The molecule has 0 aliphatic heterocycles. The van der Waals surface area contributed by atoms with Crippen LogP contribution in [0.25, 0.3) is 0 Å². The smallest absolute Gasteiger partial charge is 0.345 e. The number of nitrogens with one attached hydrogen (secondary N) is 2. The second kappa shape index (κ2) is 8.66. The van der Waals surface area contributed by atoms with Crippen LogP contribution in [0.5, 0.6) is 0 Å². The first-order valence-electron chi connectivity index (χ1n) is 6.11. The van der Waals surface area contributed by atoms with Gasteiger partial charge in [-0.05, 0) is 31.4 Å². The topological polar surface area (TPSA) is 101 Å². The molecular formula is C12H21ClN4O2. The number of carbonyl (C=O) groups is 1. The number of rotatable bonds is 6. The SMILES string of the molecule is CC(C)Cc1cc(C(=O)NCCCN)nc(=O)[nH]1.Cl. The zero-order valence-electron chi connectivity index (χ0n) is 11.2. The quantitative estimate of drug-likeness (QED) is 0.662. The lowest BCUT2D eigenvalue weighted by Crippen LogP contribution is -2.29. The highest BCUT2D eigenvalue weighted by atomic mass is 35.5. The third-order valence-electron chi connectivity index (χ3n) is 2.33. The van der Waals surface area contributed by atoms with Crippen molar-refractivity contribution < 1.29 is 4.79 Å². The van der Waals surface area contributed by atoms with Gasteiger partial charge in [0.15, 0.2) is 0 Å². The van der Waals surface area contributed by atoms with E-state index >= 15 is 0 Å². The van der Waals surface area contributed by atoms with Gasteiger partial charge in [-0.1, -0.05) is 13.8 Å². The lowest BCUT2D eigenvalue weighted by atomic mass is 10.1. The molecule has 0 bridgehead atoms. The molecule has 0 aromatic carbocycles. The molecule has 0 radical (unpaired) electrons. The van der Waals surface area contributed by atoms with Crippen molar-refractivity contribution in [3.8, 4) is 0 Å². The zero-order valence-corrected chi connectivity index (χ0v) is 12.0. The van der Waals surface area contributed by atoms with Gasteiger partial charge in [-0.25, -0.2) is 4.79 Å². The fourth-order valence-corrected chi connectivity index (χ4v) is 1.57. The van der Waals surface area contributed by atoms with Gasteiger partial charge < -0.3 is 16.0 Å². The summed E-state index contributed by atoms with van der Waals surface area (Å²) in [6.07, 6.45) is 1.41. The minimum absolute atomic E-state index is 0. The average molecular weight is 289 g/mol. The Morgan fingerprint density at radius 3 is 2.79 bits per heavy atom. The molecule has 0 aliphatic carbocycles. The van der Waals surface area contributed by atoms with Crippen LogP contribution in [0.4, 0.5) is 0 Å². The fraction of sp³-hybridized carbons (Fsp3) is 0.583. The molecule has 1 amide bonds. The van der Waals surface area contributed by atoms with E-state index < -0.39 is 5.69 Å². The van der Waals surface area contributed by atoms with Crippen LogP contribution in [0.15, 0.2) is 10.9 Å². The molecule has 1 heterocycles. The van der Waals surface area contributed by atoms with Crippen LogP contribution < -0.4 is 16.7 Å². The van der Waals surface area contributed by atoms with Gasteiger partial charge in [-0.15, -0.1) is 12.4 Å². The number of aromatic nitrogens is 2. The minimum atomic E-state index is -0.489. The monoisotopic (exact) mass is 288 g/mol. The second-order valence-electron chi connectivity index (χ2n) is 4.59. The third kappa shape index (κ3) is 6.35. The number of hydrogen-bond acceptors (Lipinski definition) is 4. The van der Waals surface area contributed by atoms with E-state index in [0.29, 0.717) is 31.8 Å². The Hall–Kier alpha value is -1.40. The van der Waals surface area contributed by atoms with Crippen LogP contribution >= 0.6 is 12.4 Å². The molecule has 0 atom stereocenters. The molecule has 0 spiro atoms. The first kappa shape index (κ1) is 17.6. The summed E-state index contributed by atoms with van der Waals surface area (Å²) in [5.74, 6) is 0.0655. The maximum Gasteiger partial charge on any atom is 0.345 e. The Morgan fingerprint density at radius 2 is 2.21 bits per heavy atom. The highest BCUT2D eigenvalue weighted by Gasteiger charge is 2.10. The molecule has 1 aromatic heterocycles. The van der Waals surface area contributed by atoms with Gasteiger partial charge in [0, 0.05) is 12.2 Å². The van der Waals surface area contributed by atoms with Crippen molar-refractivity contribution in [1.29, 1.82) is 0 Å². The number of halogens is 1. The number of carbonyl (C=O) groups excluding carboxylic acids is 1. The summed E-state index contributed by atoms with van der Waals surface area (Å²) in [6.45, 7) is 5.09. The van der Waals surface area contributed by atoms with E-state index in [1.165, 1.54) is 0 Å². The molecule has 0 saturated carbocycles. The van der Waals surface area contributed by atoms with E-state index in [9.17, 15) is 9.59 Å². The molecule has 0 saturated heterocycles. The van der Waals surface area contributed by atoms with Crippen molar-refractivity contribution in [2.24, 2.45) is 11.7 Å². The van der Waals surface area contributed by atoms with Gasteiger partial charge in [-0.3, -0.25) is 4.79 Å². The number of hydrogen-bond donors (Lipinski definition) is 3. The number of nitrogens with two attached hydrogens (primary N) is 1. The van der Waals surface area contributed by atoms with E-state index in [4.69, 9.17) is 5.73 Å². The summed E-state index contributed by atoms with van der Waals surface area (Å²) < 4.78 is 0. The Balaban J connectivity index is 0.00000324. The predicted molar refractivity (Wildman–Crippen MR) is 76.7 cm³/mol. The van der Waals surface area contributed by atoms with Crippen molar-refractivity contribution in [2.45, 2.75) is 26.7 Å². The maximum atomic E-state index is 11.7. The van der Waals surface area contributed by atoms with Crippen LogP contribution in [-0.2, 0) is 6.42 Å². The summed E-state index contributed by atoms with van der Waals surface area (Å²) in [6, 6.07) is 1.62. The molecule has 0 aliphatic rings. The highest BCUT2D eigenvalue weighted by molar-refractivity contribution is 5.92. The van der Waals surface area contributed by atoms with Gasteiger partial charge in [0.05, 0.1) is 0 Å². The van der Waals surface area contributed by atoms with E-state index in [1.807, 2.05) is 13.8 Å². The standard InChI is InChI=1S/C12H20N4O2.ClH/c1-8(2)6-9-7-10(16-12(18)15-9)11(17)14-5-3-4-13;/h7-8H,3-6,13H2,1-2H3,(H,14,17)(H,15,16,18);1H. The Morgan fingerprint density at radius 1 is 1.53 bits per heavy atom. The van der Waals surface area contributed by atoms with E-state index in [2.05, 4.69) is 15.3 Å². The molecule has 19 heavy (non-hydrogen) atoms. The molecule has 0 unspecified atom stereocenters. The van der Waals surface area contributed by atoms with Crippen molar-refractivity contribution in [2.75, 3.05) is 13.1 Å². The Kier molecular flexibility index (Phi) is 8.02. The summed E-state index contributed by atoms with van der Waals surface area (Å²) in [7, 11) is 0. The summed E-state index contributed by atoms with van der Waals surface area (Å²) in [4.78, 5) is 29.4. The Labute approximate surface area is 118 Å². The number of amides is 1. The molecule has 7 heteroatoms. The fourth-order valence-electron chi connectivity index (χ4n) is 1.57. The van der Waals surface area contributed by atoms with Gasteiger partial charge in [0.1, 0.15) is 5.69 Å². The van der Waals surface area contributed by atoms with Gasteiger partial charge in [-0.2, -0.15) is 4.98 Å². The van der Waals surface area contributed by atoms with Crippen LogP contribution in [0, 0.1) is 5.92 Å². The van der Waals surface area contributed by atoms with E-state index in [1.54, 1.807) is 6.07 Å².